The van der Waals surface area contributed by atoms with Crippen LogP contribution in [0.15, 0.2) is 48.5 Å². The molecule has 0 bridgehead atoms. The van der Waals surface area contributed by atoms with E-state index in [0.717, 1.165) is 11.3 Å². The van der Waals surface area contributed by atoms with Crippen LogP contribution < -0.4 is 4.74 Å². The van der Waals surface area contributed by atoms with Crippen molar-refractivity contribution in [1.29, 1.82) is 0 Å². The van der Waals surface area contributed by atoms with Crippen molar-refractivity contribution in [3.8, 4) is 5.75 Å². The minimum Gasteiger partial charge on any atom is -0.497 e. The number of carbonyl (C=O) groups is 1. The molecule has 2 aromatic carbocycles. The van der Waals surface area contributed by atoms with E-state index in [0.29, 0.717) is 15.6 Å². The van der Waals surface area contributed by atoms with Crippen LogP contribution in [0, 0.1) is 0 Å². The van der Waals surface area contributed by atoms with Crippen LogP contribution in [-0.2, 0) is 0 Å². The Balaban J connectivity index is 2.22. The maximum Gasteiger partial charge on any atom is 0.187 e. The second-order valence-corrected chi connectivity index (χ2v) is 4.94. The third kappa shape index (κ3) is 3.62. The van der Waals surface area contributed by atoms with E-state index in [9.17, 15) is 4.79 Å². The quantitative estimate of drug-likeness (QED) is 0.593. The van der Waals surface area contributed by atoms with Gasteiger partial charge in [0.1, 0.15) is 5.75 Å². The van der Waals surface area contributed by atoms with Crippen LogP contribution in [0.2, 0.25) is 10.0 Å². The molecule has 2 rings (SSSR count). The monoisotopic (exact) mass is 306 g/mol. The van der Waals surface area contributed by atoms with Crippen LogP contribution in [0.5, 0.6) is 5.75 Å². The van der Waals surface area contributed by atoms with Gasteiger partial charge < -0.3 is 4.74 Å². The maximum absolute atomic E-state index is 12.1. The molecule has 0 aliphatic rings. The third-order valence-electron chi connectivity index (χ3n) is 2.71. The van der Waals surface area contributed by atoms with Crippen LogP contribution in [0.25, 0.3) is 6.08 Å². The Morgan fingerprint density at radius 2 is 1.95 bits per heavy atom. The number of carbonyl (C=O) groups excluding carboxylic acids is 1. The van der Waals surface area contributed by atoms with Gasteiger partial charge in [-0.3, -0.25) is 4.79 Å². The molecule has 0 N–H and O–H groups in total. The summed E-state index contributed by atoms with van der Waals surface area (Å²) in [5.74, 6) is 0.542. The molecule has 2 aromatic rings. The molecule has 0 heterocycles. The van der Waals surface area contributed by atoms with Crippen LogP contribution >= 0.6 is 23.2 Å². The zero-order chi connectivity index (χ0) is 14.5. The molecule has 0 spiro atoms. The van der Waals surface area contributed by atoms with E-state index in [-0.39, 0.29) is 5.78 Å². The van der Waals surface area contributed by atoms with Crippen molar-refractivity contribution < 1.29 is 9.53 Å². The summed E-state index contributed by atoms with van der Waals surface area (Å²) in [4.78, 5) is 12.1. The number of halogens is 2. The first-order valence-corrected chi connectivity index (χ1v) is 6.67. The molecule has 0 saturated carbocycles. The van der Waals surface area contributed by atoms with Crippen molar-refractivity contribution in [2.24, 2.45) is 0 Å². The lowest BCUT2D eigenvalue weighted by atomic mass is 10.1. The Hall–Kier alpha value is -1.77. The number of methoxy groups -OCH3 is 1. The summed E-state index contributed by atoms with van der Waals surface area (Å²) in [6.45, 7) is 0. The van der Waals surface area contributed by atoms with Gasteiger partial charge in [-0.15, -0.1) is 0 Å². The van der Waals surface area contributed by atoms with E-state index >= 15 is 0 Å². The van der Waals surface area contributed by atoms with E-state index in [1.807, 2.05) is 24.3 Å². The van der Waals surface area contributed by atoms with E-state index in [2.05, 4.69) is 0 Å². The topological polar surface area (TPSA) is 26.3 Å². The molecule has 0 aliphatic carbocycles. The molecule has 102 valence electrons. The highest BCUT2D eigenvalue weighted by Gasteiger charge is 2.07. The van der Waals surface area contributed by atoms with Crippen molar-refractivity contribution >= 4 is 35.1 Å². The fraction of sp³-hybridized carbons (Fsp3) is 0.0625. The van der Waals surface area contributed by atoms with Crippen molar-refractivity contribution in [3.05, 3.63) is 69.7 Å². The largest absolute Gasteiger partial charge is 0.497 e. The van der Waals surface area contributed by atoms with Crippen molar-refractivity contribution in [1.82, 2.24) is 0 Å². The highest BCUT2D eigenvalue weighted by Crippen LogP contribution is 2.22. The van der Waals surface area contributed by atoms with Gasteiger partial charge in [0.15, 0.2) is 5.78 Å². The Bertz CT molecular complexity index is 663. The summed E-state index contributed by atoms with van der Waals surface area (Å²) >= 11 is 11.9. The number of allylic oxidation sites excluding steroid dienone is 1. The van der Waals surface area contributed by atoms with E-state index in [1.54, 1.807) is 31.4 Å². The van der Waals surface area contributed by atoms with Crippen LogP contribution in [-0.4, -0.2) is 12.9 Å². The second kappa shape index (κ2) is 6.60. The molecule has 0 amide bonds. The first-order valence-electron chi connectivity index (χ1n) is 5.91. The molecule has 0 fully saturated rings. The van der Waals surface area contributed by atoms with Crippen molar-refractivity contribution in [2.45, 2.75) is 0 Å². The maximum atomic E-state index is 12.1. The molecule has 0 radical (unpaired) electrons. The number of rotatable bonds is 4. The molecule has 2 nitrogen and oxygen atoms in total. The first kappa shape index (κ1) is 14.6. The number of ether oxygens (including phenoxy) is 1. The van der Waals surface area contributed by atoms with Gasteiger partial charge in [-0.2, -0.15) is 0 Å². The molecule has 20 heavy (non-hydrogen) atoms. The van der Waals surface area contributed by atoms with Gasteiger partial charge in [0.25, 0.3) is 0 Å². The molecule has 0 aromatic heterocycles. The van der Waals surface area contributed by atoms with Gasteiger partial charge in [0.05, 0.1) is 12.1 Å². The number of benzene rings is 2. The van der Waals surface area contributed by atoms with Crippen LogP contribution in [0.4, 0.5) is 0 Å². The Labute approximate surface area is 127 Å². The summed E-state index contributed by atoms with van der Waals surface area (Å²) in [7, 11) is 1.60. The lowest BCUT2D eigenvalue weighted by Gasteiger charge is -2.01. The minimum absolute atomic E-state index is 0.194. The molecular formula is C16H12Cl2O2. The number of ketones is 1. The van der Waals surface area contributed by atoms with Gasteiger partial charge in [-0.25, -0.2) is 0 Å². The van der Waals surface area contributed by atoms with E-state index in [1.165, 1.54) is 6.08 Å². The molecule has 0 saturated heterocycles. The lowest BCUT2D eigenvalue weighted by Crippen LogP contribution is -1.95. The SMILES string of the molecule is COc1cccc(C=CC(=O)c2cc(Cl)ccc2Cl)c1. The zero-order valence-corrected chi connectivity index (χ0v) is 12.3. The molecule has 0 atom stereocenters. The Kier molecular flexibility index (Phi) is 4.83. The average molecular weight is 307 g/mol. The Morgan fingerprint density at radius 1 is 1.15 bits per heavy atom. The van der Waals surface area contributed by atoms with Crippen molar-refractivity contribution in [3.63, 3.8) is 0 Å². The van der Waals surface area contributed by atoms with Gasteiger partial charge in [0, 0.05) is 10.6 Å². The highest BCUT2D eigenvalue weighted by atomic mass is 35.5. The summed E-state index contributed by atoms with van der Waals surface area (Å²) in [6.07, 6.45) is 3.18. The summed E-state index contributed by atoms with van der Waals surface area (Å²) in [5.41, 5.74) is 1.26. The van der Waals surface area contributed by atoms with Crippen molar-refractivity contribution in [2.75, 3.05) is 7.11 Å². The third-order valence-corrected chi connectivity index (χ3v) is 3.28. The predicted octanol–water partition coefficient (Wildman–Crippen LogP) is 4.90. The molecule has 4 heteroatoms. The predicted molar refractivity (Wildman–Crippen MR) is 82.8 cm³/mol. The fourth-order valence-electron chi connectivity index (χ4n) is 1.69. The minimum atomic E-state index is -0.194. The highest BCUT2D eigenvalue weighted by molar-refractivity contribution is 6.36. The second-order valence-electron chi connectivity index (χ2n) is 4.10. The standard InChI is InChI=1S/C16H12Cl2O2/c1-20-13-4-2-3-11(9-13)5-8-16(19)14-10-12(17)6-7-15(14)18/h2-10H,1H3. The number of hydrogen-bond acceptors (Lipinski definition) is 2. The summed E-state index contributed by atoms with van der Waals surface area (Å²) in [5, 5.41) is 0.863. The average Bonchev–Trinajstić information content (AvgIpc) is 2.47. The fourth-order valence-corrected chi connectivity index (χ4v) is 2.08. The molecular weight excluding hydrogens is 295 g/mol. The van der Waals surface area contributed by atoms with E-state index < -0.39 is 0 Å². The zero-order valence-electron chi connectivity index (χ0n) is 10.8. The number of hydrogen-bond donors (Lipinski definition) is 0. The van der Waals surface area contributed by atoms with Gasteiger partial charge >= 0.3 is 0 Å². The summed E-state index contributed by atoms with van der Waals surface area (Å²) < 4.78 is 5.12. The molecule has 0 unspecified atom stereocenters. The van der Waals surface area contributed by atoms with Gasteiger partial charge in [-0.1, -0.05) is 41.4 Å². The normalized spacial score (nSPS) is 10.8. The van der Waals surface area contributed by atoms with Gasteiger partial charge in [0.2, 0.25) is 0 Å². The lowest BCUT2D eigenvalue weighted by molar-refractivity contribution is 0.104. The van der Waals surface area contributed by atoms with Crippen LogP contribution in [0.1, 0.15) is 15.9 Å². The smallest absolute Gasteiger partial charge is 0.187 e. The Morgan fingerprint density at radius 3 is 2.70 bits per heavy atom. The molecule has 0 aliphatic heterocycles. The van der Waals surface area contributed by atoms with Gasteiger partial charge in [-0.05, 0) is 42.0 Å². The van der Waals surface area contributed by atoms with Crippen LogP contribution in [0.3, 0.4) is 0 Å². The first-order chi connectivity index (χ1) is 9.60. The summed E-state index contributed by atoms with van der Waals surface area (Å²) in [6, 6.07) is 12.2. The van der Waals surface area contributed by atoms with E-state index in [4.69, 9.17) is 27.9 Å².